The highest BCUT2D eigenvalue weighted by molar-refractivity contribution is 7.12. The standard InChI is InChI=1S/C12H15NO5S/c14-10(13-6-8-2-1-4-17-8)7-18-9-3-5-19-11(9)12(15)16/h3,5,8H,1-2,4,6-7H2,(H,13,14)(H,15,16). The Kier molecular flexibility index (Phi) is 4.75. The average molecular weight is 285 g/mol. The van der Waals surface area contributed by atoms with Crippen molar-refractivity contribution in [2.45, 2.75) is 18.9 Å². The van der Waals surface area contributed by atoms with E-state index in [1.165, 1.54) is 0 Å². The maximum atomic E-state index is 11.5. The minimum absolute atomic E-state index is 0.0830. The zero-order valence-corrected chi connectivity index (χ0v) is 11.1. The summed E-state index contributed by atoms with van der Waals surface area (Å²) in [5, 5.41) is 13.2. The number of hydrogen-bond donors (Lipinski definition) is 2. The highest BCUT2D eigenvalue weighted by Crippen LogP contribution is 2.24. The summed E-state index contributed by atoms with van der Waals surface area (Å²) in [6, 6.07) is 1.54. The summed E-state index contributed by atoms with van der Waals surface area (Å²) in [6.45, 7) is 1.02. The molecule has 0 aliphatic carbocycles. The third kappa shape index (κ3) is 3.93. The van der Waals surface area contributed by atoms with Gasteiger partial charge in [-0.15, -0.1) is 11.3 Å². The first-order valence-corrected chi connectivity index (χ1v) is 6.86. The van der Waals surface area contributed by atoms with Gasteiger partial charge in [-0.25, -0.2) is 4.79 Å². The highest BCUT2D eigenvalue weighted by Gasteiger charge is 2.17. The molecule has 19 heavy (non-hydrogen) atoms. The van der Waals surface area contributed by atoms with Crippen molar-refractivity contribution in [2.24, 2.45) is 0 Å². The van der Waals surface area contributed by atoms with Crippen molar-refractivity contribution in [3.8, 4) is 5.75 Å². The second-order valence-corrected chi connectivity index (χ2v) is 5.06. The number of carbonyl (C=O) groups is 2. The van der Waals surface area contributed by atoms with Crippen molar-refractivity contribution in [1.29, 1.82) is 0 Å². The summed E-state index contributed by atoms with van der Waals surface area (Å²) < 4.78 is 10.6. The van der Waals surface area contributed by atoms with Crippen LogP contribution >= 0.6 is 11.3 Å². The predicted molar refractivity (Wildman–Crippen MR) is 68.8 cm³/mol. The molecule has 0 spiro atoms. The van der Waals surface area contributed by atoms with Gasteiger partial charge in [-0.1, -0.05) is 0 Å². The Morgan fingerprint density at radius 3 is 3.11 bits per heavy atom. The van der Waals surface area contributed by atoms with Crippen LogP contribution in [0.25, 0.3) is 0 Å². The van der Waals surface area contributed by atoms with Gasteiger partial charge in [0.05, 0.1) is 6.10 Å². The average Bonchev–Trinajstić information content (AvgIpc) is 3.04. The van der Waals surface area contributed by atoms with Crippen LogP contribution < -0.4 is 10.1 Å². The number of ether oxygens (including phenoxy) is 2. The summed E-state index contributed by atoms with van der Waals surface area (Å²) in [5.41, 5.74) is 0. The smallest absolute Gasteiger partial charge is 0.349 e. The highest BCUT2D eigenvalue weighted by atomic mass is 32.1. The number of nitrogens with one attached hydrogen (secondary N) is 1. The number of carboxylic acids is 1. The van der Waals surface area contributed by atoms with Gasteiger partial charge in [-0.05, 0) is 24.3 Å². The molecule has 6 nitrogen and oxygen atoms in total. The van der Waals surface area contributed by atoms with Crippen LogP contribution in [0.2, 0.25) is 0 Å². The van der Waals surface area contributed by atoms with Gasteiger partial charge in [0.15, 0.2) is 11.5 Å². The van der Waals surface area contributed by atoms with Crippen molar-refractivity contribution < 1.29 is 24.2 Å². The summed E-state index contributed by atoms with van der Waals surface area (Å²) in [7, 11) is 0. The first-order valence-electron chi connectivity index (χ1n) is 5.98. The summed E-state index contributed by atoms with van der Waals surface area (Å²) >= 11 is 1.07. The molecule has 1 aliphatic rings. The number of thiophene rings is 1. The van der Waals surface area contributed by atoms with E-state index in [0.29, 0.717) is 6.54 Å². The molecule has 0 saturated carbocycles. The van der Waals surface area contributed by atoms with Crippen LogP contribution in [0.4, 0.5) is 0 Å². The Morgan fingerprint density at radius 2 is 2.42 bits per heavy atom. The number of amides is 1. The van der Waals surface area contributed by atoms with E-state index in [0.717, 1.165) is 30.8 Å². The van der Waals surface area contributed by atoms with Crippen LogP contribution in [0.1, 0.15) is 22.5 Å². The van der Waals surface area contributed by atoms with E-state index in [9.17, 15) is 9.59 Å². The fourth-order valence-corrected chi connectivity index (χ4v) is 2.47. The maximum absolute atomic E-state index is 11.5. The summed E-state index contributed by atoms with van der Waals surface area (Å²) in [4.78, 5) is 22.5. The van der Waals surface area contributed by atoms with E-state index >= 15 is 0 Å². The molecule has 1 aliphatic heterocycles. The number of hydrogen-bond acceptors (Lipinski definition) is 5. The molecule has 1 saturated heterocycles. The minimum Gasteiger partial charge on any atom is -0.482 e. The van der Waals surface area contributed by atoms with E-state index in [1.54, 1.807) is 11.4 Å². The number of rotatable bonds is 6. The lowest BCUT2D eigenvalue weighted by atomic mass is 10.2. The molecule has 0 radical (unpaired) electrons. The predicted octanol–water partition coefficient (Wildman–Crippen LogP) is 1.12. The Hall–Kier alpha value is -1.60. The van der Waals surface area contributed by atoms with Gasteiger partial charge in [0.1, 0.15) is 5.75 Å². The number of carboxylic acid groups (broad SMARTS) is 1. The van der Waals surface area contributed by atoms with Gasteiger partial charge in [0.25, 0.3) is 5.91 Å². The van der Waals surface area contributed by atoms with Crippen LogP contribution in [0.5, 0.6) is 5.75 Å². The van der Waals surface area contributed by atoms with Crippen LogP contribution in [0.15, 0.2) is 11.4 Å². The lowest BCUT2D eigenvalue weighted by molar-refractivity contribution is -0.123. The van der Waals surface area contributed by atoms with Crippen molar-refractivity contribution >= 4 is 23.2 Å². The largest absolute Gasteiger partial charge is 0.482 e. The Balaban J connectivity index is 1.73. The van der Waals surface area contributed by atoms with Crippen molar-refractivity contribution in [3.63, 3.8) is 0 Å². The molecule has 1 aromatic rings. The Bertz CT molecular complexity index is 453. The second kappa shape index (κ2) is 6.53. The molecule has 1 atom stereocenters. The molecule has 0 aromatic carbocycles. The molecule has 1 fully saturated rings. The van der Waals surface area contributed by atoms with E-state index in [2.05, 4.69) is 5.32 Å². The monoisotopic (exact) mass is 285 g/mol. The van der Waals surface area contributed by atoms with E-state index in [-0.39, 0.29) is 29.2 Å². The van der Waals surface area contributed by atoms with Crippen LogP contribution in [0, 0.1) is 0 Å². The normalized spacial score (nSPS) is 18.2. The molecule has 104 valence electrons. The third-order valence-electron chi connectivity index (χ3n) is 2.73. The summed E-state index contributed by atoms with van der Waals surface area (Å²) in [6.07, 6.45) is 2.06. The van der Waals surface area contributed by atoms with Gasteiger partial charge in [0.2, 0.25) is 0 Å². The van der Waals surface area contributed by atoms with Crippen LogP contribution in [-0.4, -0.2) is 42.8 Å². The van der Waals surface area contributed by atoms with E-state index in [1.807, 2.05) is 0 Å². The van der Waals surface area contributed by atoms with Crippen LogP contribution in [0.3, 0.4) is 0 Å². The minimum atomic E-state index is -1.05. The van der Waals surface area contributed by atoms with Gasteiger partial charge in [0, 0.05) is 13.2 Å². The molecule has 2 heterocycles. The molecule has 0 bridgehead atoms. The fraction of sp³-hybridized carbons (Fsp3) is 0.500. The van der Waals surface area contributed by atoms with Crippen molar-refractivity contribution in [1.82, 2.24) is 5.32 Å². The molecular formula is C12H15NO5S. The number of carbonyl (C=O) groups excluding carboxylic acids is 1. The van der Waals surface area contributed by atoms with Crippen LogP contribution in [-0.2, 0) is 9.53 Å². The fourth-order valence-electron chi connectivity index (χ4n) is 1.79. The molecule has 1 unspecified atom stereocenters. The van der Waals surface area contributed by atoms with Crippen molar-refractivity contribution in [3.05, 3.63) is 16.3 Å². The van der Waals surface area contributed by atoms with E-state index in [4.69, 9.17) is 14.6 Å². The Morgan fingerprint density at radius 1 is 1.58 bits per heavy atom. The second-order valence-electron chi connectivity index (χ2n) is 4.15. The van der Waals surface area contributed by atoms with Gasteiger partial charge >= 0.3 is 5.97 Å². The van der Waals surface area contributed by atoms with Gasteiger partial charge in [-0.2, -0.15) is 0 Å². The zero-order valence-electron chi connectivity index (χ0n) is 10.3. The molecule has 7 heteroatoms. The summed E-state index contributed by atoms with van der Waals surface area (Å²) in [5.74, 6) is -1.10. The zero-order chi connectivity index (χ0) is 13.7. The van der Waals surface area contributed by atoms with Crippen molar-refractivity contribution in [2.75, 3.05) is 19.8 Å². The first-order chi connectivity index (χ1) is 9.16. The molecule has 2 rings (SSSR count). The quantitative estimate of drug-likeness (QED) is 0.818. The maximum Gasteiger partial charge on any atom is 0.349 e. The topological polar surface area (TPSA) is 84.9 Å². The van der Waals surface area contributed by atoms with Gasteiger partial charge < -0.3 is 19.9 Å². The molecule has 1 amide bonds. The Labute approximate surface area is 114 Å². The molecular weight excluding hydrogens is 270 g/mol. The molecule has 1 aromatic heterocycles. The molecule has 2 N–H and O–H groups in total. The number of aromatic carboxylic acids is 1. The SMILES string of the molecule is O=C(COc1ccsc1C(=O)O)NCC1CCCO1. The first kappa shape index (κ1) is 13.8. The lowest BCUT2D eigenvalue weighted by Crippen LogP contribution is -2.35. The van der Waals surface area contributed by atoms with Gasteiger partial charge in [-0.3, -0.25) is 4.79 Å². The van der Waals surface area contributed by atoms with E-state index < -0.39 is 5.97 Å². The lowest BCUT2D eigenvalue weighted by Gasteiger charge is -2.11. The third-order valence-corrected chi connectivity index (χ3v) is 3.62.